The molecule has 4 aromatic rings. The monoisotopic (exact) mass is 439 g/mol. The molecule has 6 heteroatoms. The molecule has 0 fully saturated rings. The van der Waals surface area contributed by atoms with Crippen molar-refractivity contribution in [1.29, 1.82) is 0 Å². The van der Waals surface area contributed by atoms with E-state index in [0.29, 0.717) is 37.6 Å². The van der Waals surface area contributed by atoms with E-state index in [9.17, 15) is 4.79 Å². The van der Waals surface area contributed by atoms with Crippen LogP contribution in [0.25, 0.3) is 11.1 Å². The lowest BCUT2D eigenvalue weighted by Crippen LogP contribution is -2.23. The summed E-state index contributed by atoms with van der Waals surface area (Å²) in [6.45, 7) is 1.91. The van der Waals surface area contributed by atoms with Gasteiger partial charge in [0.1, 0.15) is 24.7 Å². The van der Waals surface area contributed by atoms with Crippen molar-refractivity contribution >= 4 is 5.91 Å². The zero-order chi connectivity index (χ0) is 22.6. The molecule has 0 bridgehead atoms. The molecule has 1 aliphatic rings. The average Bonchev–Trinajstić information content (AvgIpc) is 3.41. The van der Waals surface area contributed by atoms with Crippen LogP contribution in [0.2, 0.25) is 0 Å². The van der Waals surface area contributed by atoms with Crippen LogP contribution in [0.15, 0.2) is 85.2 Å². The number of nitrogens with zero attached hydrogens (tertiary/aromatic N) is 3. The third kappa shape index (κ3) is 4.60. The second-order valence-corrected chi connectivity index (χ2v) is 8.06. The first kappa shape index (κ1) is 20.8. The van der Waals surface area contributed by atoms with E-state index in [-0.39, 0.29) is 5.91 Å². The van der Waals surface area contributed by atoms with E-state index in [1.807, 2.05) is 72.9 Å². The SMILES string of the molecule is Cn1cc(-c2ccc(CN3Cc4cccc(OCCOc5ccccc5)c4C3=O)cc2)cn1. The van der Waals surface area contributed by atoms with Gasteiger partial charge < -0.3 is 14.4 Å². The van der Waals surface area contributed by atoms with Gasteiger partial charge in [-0.05, 0) is 34.9 Å². The molecule has 0 saturated heterocycles. The zero-order valence-electron chi connectivity index (χ0n) is 18.5. The van der Waals surface area contributed by atoms with Crippen LogP contribution in [0.3, 0.4) is 0 Å². The van der Waals surface area contributed by atoms with Crippen LogP contribution in [0.4, 0.5) is 0 Å². The Bertz CT molecular complexity index is 1250. The van der Waals surface area contributed by atoms with E-state index in [1.54, 1.807) is 4.68 Å². The van der Waals surface area contributed by atoms with Crippen molar-refractivity contribution in [1.82, 2.24) is 14.7 Å². The molecule has 0 N–H and O–H groups in total. The maximum absolute atomic E-state index is 13.2. The van der Waals surface area contributed by atoms with Crippen LogP contribution < -0.4 is 9.47 Å². The van der Waals surface area contributed by atoms with Gasteiger partial charge in [-0.2, -0.15) is 5.10 Å². The van der Waals surface area contributed by atoms with Crippen molar-refractivity contribution in [3.63, 3.8) is 0 Å². The number of carbonyl (C=O) groups is 1. The second kappa shape index (κ2) is 9.20. The van der Waals surface area contributed by atoms with Gasteiger partial charge in [0.25, 0.3) is 5.91 Å². The first-order valence-corrected chi connectivity index (χ1v) is 11.0. The highest BCUT2D eigenvalue weighted by molar-refractivity contribution is 6.01. The van der Waals surface area contributed by atoms with Crippen molar-refractivity contribution in [2.45, 2.75) is 13.1 Å². The molecule has 0 spiro atoms. The molecule has 0 atom stereocenters. The molecule has 0 saturated carbocycles. The highest BCUT2D eigenvalue weighted by atomic mass is 16.5. The van der Waals surface area contributed by atoms with Gasteiger partial charge >= 0.3 is 0 Å². The smallest absolute Gasteiger partial charge is 0.258 e. The summed E-state index contributed by atoms with van der Waals surface area (Å²) >= 11 is 0. The summed E-state index contributed by atoms with van der Waals surface area (Å²) < 4.78 is 13.4. The molecule has 166 valence electrons. The van der Waals surface area contributed by atoms with Crippen LogP contribution in [0.5, 0.6) is 11.5 Å². The molecule has 33 heavy (non-hydrogen) atoms. The Hall–Kier alpha value is -4.06. The number of hydrogen-bond donors (Lipinski definition) is 0. The van der Waals surface area contributed by atoms with Gasteiger partial charge in [0, 0.05) is 31.9 Å². The number of aryl methyl sites for hydroxylation is 1. The minimum atomic E-state index is 0.000846. The zero-order valence-corrected chi connectivity index (χ0v) is 18.5. The predicted octanol–water partition coefficient (Wildman–Crippen LogP) is 4.70. The van der Waals surface area contributed by atoms with Crippen molar-refractivity contribution in [3.05, 3.63) is 102 Å². The Labute approximate surface area is 193 Å². The molecule has 1 aliphatic heterocycles. The van der Waals surface area contributed by atoms with Gasteiger partial charge in [-0.25, -0.2) is 0 Å². The van der Waals surface area contributed by atoms with E-state index in [2.05, 4.69) is 29.4 Å². The summed E-state index contributed by atoms with van der Waals surface area (Å²) in [6.07, 6.45) is 3.84. The van der Waals surface area contributed by atoms with Crippen LogP contribution in [0, 0.1) is 0 Å². The topological polar surface area (TPSA) is 56.6 Å². The Kier molecular flexibility index (Phi) is 5.81. The number of aromatic nitrogens is 2. The van der Waals surface area contributed by atoms with Gasteiger partial charge in [0.2, 0.25) is 0 Å². The predicted molar refractivity (Wildman–Crippen MR) is 126 cm³/mol. The molecular weight excluding hydrogens is 414 g/mol. The molecule has 2 heterocycles. The third-order valence-corrected chi connectivity index (χ3v) is 5.69. The fourth-order valence-corrected chi connectivity index (χ4v) is 4.06. The standard InChI is InChI=1S/C27H25N3O3/c1-29-18-23(16-28-29)21-12-10-20(11-13-21)17-30-19-22-6-5-9-25(26(22)27(30)31)33-15-14-32-24-7-3-2-4-8-24/h2-13,16,18H,14-15,17,19H2,1H3. The van der Waals surface area contributed by atoms with Crippen molar-refractivity contribution in [2.75, 3.05) is 13.2 Å². The van der Waals surface area contributed by atoms with Crippen molar-refractivity contribution in [3.8, 4) is 22.6 Å². The molecule has 1 aromatic heterocycles. The Morgan fingerprint density at radius 2 is 1.67 bits per heavy atom. The van der Waals surface area contributed by atoms with E-state index < -0.39 is 0 Å². The number of hydrogen-bond acceptors (Lipinski definition) is 4. The van der Waals surface area contributed by atoms with E-state index in [0.717, 1.165) is 28.0 Å². The first-order chi connectivity index (χ1) is 16.2. The maximum atomic E-state index is 13.2. The summed E-state index contributed by atoms with van der Waals surface area (Å²) in [6, 6.07) is 23.7. The normalized spacial score (nSPS) is 12.6. The van der Waals surface area contributed by atoms with E-state index >= 15 is 0 Å². The molecular formula is C27H25N3O3. The summed E-state index contributed by atoms with van der Waals surface area (Å²) in [4.78, 5) is 15.0. The molecule has 0 aliphatic carbocycles. The van der Waals surface area contributed by atoms with Gasteiger partial charge in [-0.15, -0.1) is 0 Å². The average molecular weight is 440 g/mol. The van der Waals surface area contributed by atoms with E-state index in [1.165, 1.54) is 0 Å². The lowest BCUT2D eigenvalue weighted by atomic mass is 10.1. The van der Waals surface area contributed by atoms with Gasteiger partial charge in [-0.3, -0.25) is 9.48 Å². The molecule has 0 unspecified atom stereocenters. The van der Waals surface area contributed by atoms with Crippen LogP contribution in [-0.4, -0.2) is 33.8 Å². The number of benzene rings is 3. The molecule has 3 aromatic carbocycles. The number of fused-ring (bicyclic) bond motifs is 1. The summed E-state index contributed by atoms with van der Waals surface area (Å²) in [7, 11) is 1.91. The number of para-hydroxylation sites is 1. The first-order valence-electron chi connectivity index (χ1n) is 11.0. The third-order valence-electron chi connectivity index (χ3n) is 5.69. The summed E-state index contributed by atoms with van der Waals surface area (Å²) in [5.74, 6) is 1.42. The molecule has 5 rings (SSSR count). The fraction of sp³-hybridized carbons (Fsp3) is 0.185. The second-order valence-electron chi connectivity index (χ2n) is 8.06. The molecule has 1 amide bonds. The van der Waals surface area contributed by atoms with Gasteiger partial charge in [0.15, 0.2) is 0 Å². The quantitative estimate of drug-likeness (QED) is 0.374. The summed E-state index contributed by atoms with van der Waals surface area (Å²) in [5.41, 5.74) is 4.92. The highest BCUT2D eigenvalue weighted by Crippen LogP contribution is 2.32. The minimum Gasteiger partial charge on any atom is -0.490 e. The number of amides is 1. The van der Waals surface area contributed by atoms with Crippen LogP contribution >= 0.6 is 0 Å². The van der Waals surface area contributed by atoms with E-state index in [4.69, 9.17) is 9.47 Å². The highest BCUT2D eigenvalue weighted by Gasteiger charge is 2.30. The lowest BCUT2D eigenvalue weighted by Gasteiger charge is -2.16. The molecule has 0 radical (unpaired) electrons. The number of rotatable bonds is 8. The van der Waals surface area contributed by atoms with Crippen LogP contribution in [-0.2, 0) is 20.1 Å². The summed E-state index contributed by atoms with van der Waals surface area (Å²) in [5, 5.41) is 4.23. The lowest BCUT2D eigenvalue weighted by molar-refractivity contribution is 0.0762. The Morgan fingerprint density at radius 1 is 0.879 bits per heavy atom. The number of ether oxygens (including phenoxy) is 2. The number of carbonyl (C=O) groups excluding carboxylic acids is 1. The van der Waals surface area contributed by atoms with Crippen LogP contribution in [0.1, 0.15) is 21.5 Å². The van der Waals surface area contributed by atoms with Crippen molar-refractivity contribution < 1.29 is 14.3 Å². The van der Waals surface area contributed by atoms with Gasteiger partial charge in [0.05, 0.1) is 11.8 Å². The molecule has 6 nitrogen and oxygen atoms in total. The maximum Gasteiger partial charge on any atom is 0.258 e. The van der Waals surface area contributed by atoms with Gasteiger partial charge in [-0.1, -0.05) is 54.6 Å². The Morgan fingerprint density at radius 3 is 2.42 bits per heavy atom. The minimum absolute atomic E-state index is 0.000846. The largest absolute Gasteiger partial charge is 0.490 e. The fourth-order valence-electron chi connectivity index (χ4n) is 4.06. The van der Waals surface area contributed by atoms with Crippen molar-refractivity contribution in [2.24, 2.45) is 7.05 Å². The Balaban J connectivity index is 1.21.